The number of pyridine rings is 1. The predicted octanol–water partition coefficient (Wildman–Crippen LogP) is 4.54. The molecule has 130 valence electrons. The van der Waals surface area contributed by atoms with Gasteiger partial charge in [0.1, 0.15) is 0 Å². The van der Waals surface area contributed by atoms with Gasteiger partial charge in [-0.15, -0.1) is 0 Å². The fourth-order valence-corrected chi connectivity index (χ4v) is 3.19. The van der Waals surface area contributed by atoms with Gasteiger partial charge in [0, 0.05) is 45.3 Å². The zero-order valence-corrected chi connectivity index (χ0v) is 14.9. The van der Waals surface area contributed by atoms with Crippen molar-refractivity contribution in [1.82, 2.24) is 14.5 Å². The predicted molar refractivity (Wildman–Crippen MR) is 105 cm³/mol. The Morgan fingerprint density at radius 3 is 2.88 bits per heavy atom. The lowest BCUT2D eigenvalue weighted by atomic mass is 10.1. The summed E-state index contributed by atoms with van der Waals surface area (Å²) >= 11 is 6.07. The van der Waals surface area contributed by atoms with E-state index in [0.29, 0.717) is 10.6 Å². The zero-order chi connectivity index (χ0) is 18.1. The Hall–Kier alpha value is -3.05. The summed E-state index contributed by atoms with van der Waals surface area (Å²) in [7, 11) is 0. The van der Waals surface area contributed by atoms with Crippen LogP contribution in [0, 0.1) is 0 Å². The molecule has 26 heavy (non-hydrogen) atoms. The number of benzene rings is 2. The molecule has 1 atom stereocenters. The molecule has 2 heterocycles. The molecule has 5 nitrogen and oxygen atoms in total. The van der Waals surface area contributed by atoms with Crippen molar-refractivity contribution in [3.63, 3.8) is 0 Å². The van der Waals surface area contributed by atoms with Crippen LogP contribution in [0.4, 0.5) is 5.69 Å². The molecule has 0 radical (unpaired) electrons. The van der Waals surface area contributed by atoms with Gasteiger partial charge in [0.2, 0.25) is 0 Å². The number of imidazole rings is 1. The largest absolute Gasteiger partial charge is 0.378 e. The molecule has 2 N–H and O–H groups in total. The van der Waals surface area contributed by atoms with Gasteiger partial charge in [-0.25, -0.2) is 4.98 Å². The van der Waals surface area contributed by atoms with Crippen LogP contribution < -0.4 is 10.9 Å². The minimum atomic E-state index is -0.167. The second kappa shape index (κ2) is 6.69. The molecule has 0 aliphatic rings. The van der Waals surface area contributed by atoms with Gasteiger partial charge in [0.15, 0.2) is 0 Å². The van der Waals surface area contributed by atoms with E-state index in [4.69, 9.17) is 11.6 Å². The van der Waals surface area contributed by atoms with E-state index in [1.807, 2.05) is 60.2 Å². The summed E-state index contributed by atoms with van der Waals surface area (Å²) in [5, 5.41) is 4.95. The van der Waals surface area contributed by atoms with Crippen molar-refractivity contribution in [1.29, 1.82) is 0 Å². The highest BCUT2D eigenvalue weighted by molar-refractivity contribution is 6.31. The number of rotatable bonds is 4. The molecule has 4 aromatic rings. The number of H-pyrrole nitrogens is 1. The Bertz CT molecular complexity index is 1120. The molecular weight excluding hydrogens is 348 g/mol. The van der Waals surface area contributed by atoms with E-state index in [1.165, 1.54) is 0 Å². The molecule has 0 fully saturated rings. The molecule has 0 saturated heterocycles. The van der Waals surface area contributed by atoms with Crippen molar-refractivity contribution in [3.8, 4) is 5.69 Å². The van der Waals surface area contributed by atoms with Crippen LogP contribution >= 0.6 is 11.6 Å². The van der Waals surface area contributed by atoms with Crippen molar-refractivity contribution >= 4 is 28.2 Å². The Labute approximate surface area is 155 Å². The van der Waals surface area contributed by atoms with Crippen LogP contribution in [0.3, 0.4) is 0 Å². The molecule has 0 bridgehead atoms. The normalized spacial score (nSPS) is 12.2. The smallest absolute Gasteiger partial charge is 0.253 e. The highest BCUT2D eigenvalue weighted by atomic mass is 35.5. The van der Waals surface area contributed by atoms with Gasteiger partial charge in [0.25, 0.3) is 5.56 Å². The number of aromatic nitrogens is 3. The third-order valence-corrected chi connectivity index (χ3v) is 4.57. The van der Waals surface area contributed by atoms with Crippen molar-refractivity contribution < 1.29 is 0 Å². The van der Waals surface area contributed by atoms with Gasteiger partial charge in [0.05, 0.1) is 12.4 Å². The summed E-state index contributed by atoms with van der Waals surface area (Å²) in [4.78, 5) is 19.5. The molecule has 2 aromatic heterocycles. The fourth-order valence-electron chi connectivity index (χ4n) is 3.01. The van der Waals surface area contributed by atoms with E-state index in [-0.39, 0.29) is 11.6 Å². The Morgan fingerprint density at radius 1 is 1.19 bits per heavy atom. The summed E-state index contributed by atoms with van der Waals surface area (Å²) in [6, 6.07) is 15.1. The van der Waals surface area contributed by atoms with Gasteiger partial charge in [-0.2, -0.15) is 0 Å². The topological polar surface area (TPSA) is 62.7 Å². The maximum Gasteiger partial charge on any atom is 0.253 e. The van der Waals surface area contributed by atoms with E-state index in [0.717, 1.165) is 22.3 Å². The molecule has 0 amide bonds. The maximum absolute atomic E-state index is 12.5. The van der Waals surface area contributed by atoms with Crippen LogP contribution in [0.15, 0.2) is 72.0 Å². The molecule has 0 spiro atoms. The summed E-state index contributed by atoms with van der Waals surface area (Å²) < 4.78 is 1.93. The van der Waals surface area contributed by atoms with Crippen molar-refractivity contribution in [3.05, 3.63) is 88.2 Å². The second-order valence-electron chi connectivity index (χ2n) is 6.17. The van der Waals surface area contributed by atoms with Crippen LogP contribution in [0.2, 0.25) is 5.02 Å². The quantitative estimate of drug-likeness (QED) is 0.558. The summed E-state index contributed by atoms with van der Waals surface area (Å²) in [5.41, 5.74) is 3.25. The van der Waals surface area contributed by atoms with Gasteiger partial charge in [-0.05, 0) is 49.4 Å². The van der Waals surface area contributed by atoms with E-state index in [9.17, 15) is 4.79 Å². The van der Waals surface area contributed by atoms with Crippen LogP contribution in [0.25, 0.3) is 16.6 Å². The van der Waals surface area contributed by atoms with E-state index < -0.39 is 0 Å². The number of hydrogen-bond acceptors (Lipinski definition) is 3. The first-order chi connectivity index (χ1) is 12.6. The standard InChI is InChI=1S/C20H17ClN4O/c1-13(18-10-14-9-15(21)5-6-19(14)24-20(18)26)23-16-3-2-4-17(11-16)25-8-7-22-12-25/h2-13,23H,1H3,(H,24,26). The second-order valence-corrected chi connectivity index (χ2v) is 6.61. The SMILES string of the molecule is CC(Nc1cccc(-n2ccnc2)c1)c1cc2cc(Cl)ccc2[nH]c1=O. The van der Waals surface area contributed by atoms with E-state index >= 15 is 0 Å². The molecule has 0 saturated carbocycles. The van der Waals surface area contributed by atoms with Gasteiger partial charge >= 0.3 is 0 Å². The minimum absolute atomic E-state index is 0.106. The Morgan fingerprint density at radius 2 is 2.08 bits per heavy atom. The minimum Gasteiger partial charge on any atom is -0.378 e. The number of hydrogen-bond donors (Lipinski definition) is 2. The monoisotopic (exact) mass is 364 g/mol. The van der Waals surface area contributed by atoms with Crippen LogP contribution in [0.5, 0.6) is 0 Å². The van der Waals surface area contributed by atoms with Crippen molar-refractivity contribution in [2.45, 2.75) is 13.0 Å². The molecule has 6 heteroatoms. The van der Waals surface area contributed by atoms with Crippen LogP contribution in [-0.2, 0) is 0 Å². The number of nitrogens with zero attached hydrogens (tertiary/aromatic N) is 2. The van der Waals surface area contributed by atoms with Crippen molar-refractivity contribution in [2.75, 3.05) is 5.32 Å². The van der Waals surface area contributed by atoms with Gasteiger partial charge in [-0.3, -0.25) is 4.79 Å². The van der Waals surface area contributed by atoms with Crippen LogP contribution in [0.1, 0.15) is 18.5 Å². The molecule has 1 unspecified atom stereocenters. The first-order valence-electron chi connectivity index (χ1n) is 8.27. The molecular formula is C20H17ClN4O. The van der Waals surface area contributed by atoms with E-state index in [1.54, 1.807) is 18.6 Å². The average molecular weight is 365 g/mol. The van der Waals surface area contributed by atoms with Crippen LogP contribution in [-0.4, -0.2) is 14.5 Å². The molecule has 2 aromatic carbocycles. The fraction of sp³-hybridized carbons (Fsp3) is 0.100. The molecule has 0 aliphatic heterocycles. The average Bonchev–Trinajstić information content (AvgIpc) is 3.16. The lowest BCUT2D eigenvalue weighted by molar-refractivity contribution is 0.865. The highest BCUT2D eigenvalue weighted by Crippen LogP contribution is 2.23. The van der Waals surface area contributed by atoms with Gasteiger partial charge < -0.3 is 14.9 Å². The lowest BCUT2D eigenvalue weighted by Crippen LogP contribution is -2.19. The summed E-state index contributed by atoms with van der Waals surface area (Å²) in [5.74, 6) is 0. The first-order valence-corrected chi connectivity index (χ1v) is 8.65. The first kappa shape index (κ1) is 16.4. The third-order valence-electron chi connectivity index (χ3n) is 4.33. The third kappa shape index (κ3) is 3.21. The summed E-state index contributed by atoms with van der Waals surface area (Å²) in [6.07, 6.45) is 5.38. The molecule has 4 rings (SSSR count). The molecule has 0 aliphatic carbocycles. The maximum atomic E-state index is 12.5. The Balaban J connectivity index is 1.65. The number of anilines is 1. The number of halogens is 1. The lowest BCUT2D eigenvalue weighted by Gasteiger charge is -2.16. The van der Waals surface area contributed by atoms with E-state index in [2.05, 4.69) is 15.3 Å². The number of aromatic amines is 1. The van der Waals surface area contributed by atoms with Gasteiger partial charge in [-0.1, -0.05) is 17.7 Å². The number of nitrogens with one attached hydrogen (secondary N) is 2. The number of fused-ring (bicyclic) bond motifs is 1. The summed E-state index contributed by atoms with van der Waals surface area (Å²) in [6.45, 7) is 1.96. The Kier molecular flexibility index (Phi) is 4.22. The zero-order valence-electron chi connectivity index (χ0n) is 14.1. The van der Waals surface area contributed by atoms with Crippen molar-refractivity contribution in [2.24, 2.45) is 0 Å². The highest BCUT2D eigenvalue weighted by Gasteiger charge is 2.12.